The number of imide groups is 1. The van der Waals surface area contributed by atoms with Gasteiger partial charge in [-0.3, -0.25) is 9.59 Å². The minimum absolute atomic E-state index is 0.306. The van der Waals surface area contributed by atoms with Crippen molar-refractivity contribution in [2.24, 2.45) is 0 Å². The Balaban J connectivity index is 1.44. The van der Waals surface area contributed by atoms with Gasteiger partial charge in [-0.2, -0.15) is 0 Å². The summed E-state index contributed by atoms with van der Waals surface area (Å²) >= 11 is 0. The molecular weight excluding hydrogens is 422 g/mol. The number of benzene rings is 5. The van der Waals surface area contributed by atoms with Gasteiger partial charge in [0.25, 0.3) is 11.8 Å². The average Bonchev–Trinajstić information content (AvgIpc) is 3.25. The SMILES string of the molecule is O=C1c2cccc3c(-c4ccc5c(c4)oc4ccccc45)ccc(c23)C(=O)N1c1ccccc1. The topological polar surface area (TPSA) is 50.5 Å². The molecule has 2 heterocycles. The Morgan fingerprint density at radius 3 is 2.06 bits per heavy atom. The van der Waals surface area contributed by atoms with Crippen LogP contribution < -0.4 is 4.90 Å². The highest BCUT2D eigenvalue weighted by molar-refractivity contribution is 6.36. The first-order valence-corrected chi connectivity index (χ1v) is 11.1. The first kappa shape index (κ1) is 18.8. The predicted octanol–water partition coefficient (Wildman–Crippen LogP) is 7.21. The van der Waals surface area contributed by atoms with Gasteiger partial charge >= 0.3 is 0 Å². The molecule has 0 atom stereocenters. The number of furan rings is 1. The molecule has 0 spiro atoms. The third-order valence-electron chi connectivity index (χ3n) is 6.61. The van der Waals surface area contributed by atoms with E-state index in [1.165, 1.54) is 4.90 Å². The maximum atomic E-state index is 13.4. The lowest BCUT2D eigenvalue weighted by Gasteiger charge is -2.27. The highest BCUT2D eigenvalue weighted by Crippen LogP contribution is 2.39. The molecule has 0 saturated heterocycles. The smallest absolute Gasteiger partial charge is 0.265 e. The summed E-state index contributed by atoms with van der Waals surface area (Å²) in [6.45, 7) is 0. The summed E-state index contributed by atoms with van der Waals surface area (Å²) in [6.07, 6.45) is 0. The fourth-order valence-electron chi connectivity index (χ4n) is 5.05. The third kappa shape index (κ3) is 2.54. The summed E-state index contributed by atoms with van der Waals surface area (Å²) in [6, 6.07) is 32.6. The molecule has 2 amide bonds. The fourth-order valence-corrected chi connectivity index (χ4v) is 5.05. The molecule has 1 aromatic heterocycles. The van der Waals surface area contributed by atoms with Crippen molar-refractivity contribution in [3.05, 3.63) is 114 Å². The van der Waals surface area contributed by atoms with E-state index in [1.807, 2.05) is 66.7 Å². The highest BCUT2D eigenvalue weighted by atomic mass is 16.3. The van der Waals surface area contributed by atoms with Crippen molar-refractivity contribution in [1.29, 1.82) is 0 Å². The number of carbonyl (C=O) groups excluding carboxylic acids is 2. The van der Waals surface area contributed by atoms with Crippen LogP contribution in [0.25, 0.3) is 43.8 Å². The molecule has 5 aromatic carbocycles. The maximum Gasteiger partial charge on any atom is 0.265 e. The van der Waals surface area contributed by atoms with Crippen LogP contribution in [0.15, 0.2) is 108 Å². The molecule has 4 nitrogen and oxygen atoms in total. The Labute approximate surface area is 194 Å². The van der Waals surface area contributed by atoms with Crippen LogP contribution in [-0.2, 0) is 0 Å². The number of carbonyl (C=O) groups is 2. The van der Waals surface area contributed by atoms with Crippen LogP contribution in [0.4, 0.5) is 5.69 Å². The van der Waals surface area contributed by atoms with Crippen molar-refractivity contribution in [2.75, 3.05) is 4.90 Å². The molecule has 0 N–H and O–H groups in total. The van der Waals surface area contributed by atoms with Crippen molar-refractivity contribution < 1.29 is 14.0 Å². The Morgan fingerprint density at radius 1 is 0.529 bits per heavy atom. The lowest BCUT2D eigenvalue weighted by Crippen LogP contribution is -2.40. The molecule has 34 heavy (non-hydrogen) atoms. The van der Waals surface area contributed by atoms with Crippen LogP contribution in [0.3, 0.4) is 0 Å². The largest absolute Gasteiger partial charge is 0.456 e. The molecular formula is C30H17NO3. The second kappa shape index (κ2) is 6.90. The van der Waals surface area contributed by atoms with Crippen LogP contribution in [0.1, 0.15) is 20.7 Å². The van der Waals surface area contributed by atoms with Gasteiger partial charge in [-0.05, 0) is 59.0 Å². The monoisotopic (exact) mass is 439 g/mol. The zero-order valence-electron chi connectivity index (χ0n) is 18.0. The molecule has 0 radical (unpaired) electrons. The molecule has 0 unspecified atom stereocenters. The first-order chi connectivity index (χ1) is 16.7. The van der Waals surface area contributed by atoms with Gasteiger partial charge in [0.2, 0.25) is 0 Å². The van der Waals surface area contributed by atoms with Gasteiger partial charge in [0.05, 0.1) is 5.69 Å². The average molecular weight is 439 g/mol. The second-order valence-electron chi connectivity index (χ2n) is 8.48. The standard InChI is InChI=1S/C30H17NO3/c32-29-24-11-6-10-23-20(18-13-14-22-21-9-4-5-12-26(21)34-27(22)17-18)15-16-25(28(23)24)30(33)31(29)19-7-2-1-3-8-19/h1-17H. The Bertz CT molecular complexity index is 1770. The molecule has 0 bridgehead atoms. The van der Waals surface area contributed by atoms with E-state index in [0.717, 1.165) is 38.5 Å². The van der Waals surface area contributed by atoms with Crippen LogP contribution >= 0.6 is 0 Å². The third-order valence-corrected chi connectivity index (χ3v) is 6.61. The zero-order valence-corrected chi connectivity index (χ0v) is 18.0. The van der Waals surface area contributed by atoms with Gasteiger partial charge in [0.1, 0.15) is 11.2 Å². The van der Waals surface area contributed by atoms with Crippen LogP contribution in [0.2, 0.25) is 0 Å². The van der Waals surface area contributed by atoms with Crippen molar-refractivity contribution in [3.8, 4) is 11.1 Å². The molecule has 0 saturated carbocycles. The van der Waals surface area contributed by atoms with Crippen LogP contribution in [-0.4, -0.2) is 11.8 Å². The lowest BCUT2D eigenvalue weighted by atomic mass is 9.88. The van der Waals surface area contributed by atoms with Crippen molar-refractivity contribution in [3.63, 3.8) is 0 Å². The van der Waals surface area contributed by atoms with Crippen molar-refractivity contribution in [2.45, 2.75) is 0 Å². The number of rotatable bonds is 2. The van der Waals surface area contributed by atoms with Crippen molar-refractivity contribution in [1.82, 2.24) is 0 Å². The summed E-state index contributed by atoms with van der Waals surface area (Å²) in [4.78, 5) is 28.1. The van der Waals surface area contributed by atoms with Crippen molar-refractivity contribution >= 4 is 50.2 Å². The molecule has 1 aliphatic rings. The number of hydrogen-bond donors (Lipinski definition) is 0. The van der Waals surface area contributed by atoms with Gasteiger partial charge < -0.3 is 4.42 Å². The van der Waals surface area contributed by atoms with Gasteiger partial charge in [-0.25, -0.2) is 4.90 Å². The molecule has 0 fully saturated rings. The number of anilines is 1. The molecule has 1 aliphatic heterocycles. The molecule has 160 valence electrons. The lowest BCUT2D eigenvalue weighted by molar-refractivity contribution is 0.0893. The number of fused-ring (bicyclic) bond motifs is 3. The van der Waals surface area contributed by atoms with Gasteiger partial charge in [-0.15, -0.1) is 0 Å². The Morgan fingerprint density at radius 2 is 1.21 bits per heavy atom. The quantitative estimate of drug-likeness (QED) is 0.268. The summed E-state index contributed by atoms with van der Waals surface area (Å²) in [5.74, 6) is -0.613. The summed E-state index contributed by atoms with van der Waals surface area (Å²) in [5.41, 5.74) is 5.22. The molecule has 0 aliphatic carbocycles. The molecule has 6 aromatic rings. The van der Waals surface area contributed by atoms with E-state index >= 15 is 0 Å². The van der Waals surface area contributed by atoms with E-state index in [0.29, 0.717) is 22.2 Å². The van der Waals surface area contributed by atoms with Crippen LogP contribution in [0, 0.1) is 0 Å². The number of amides is 2. The maximum absolute atomic E-state index is 13.4. The predicted molar refractivity (Wildman–Crippen MR) is 134 cm³/mol. The summed E-state index contributed by atoms with van der Waals surface area (Å²) in [7, 11) is 0. The zero-order chi connectivity index (χ0) is 22.8. The van der Waals surface area contributed by atoms with E-state index in [1.54, 1.807) is 18.2 Å². The van der Waals surface area contributed by atoms with E-state index in [9.17, 15) is 9.59 Å². The minimum Gasteiger partial charge on any atom is -0.456 e. The van der Waals surface area contributed by atoms with E-state index in [4.69, 9.17) is 4.42 Å². The van der Waals surface area contributed by atoms with E-state index in [-0.39, 0.29) is 11.8 Å². The number of hydrogen-bond acceptors (Lipinski definition) is 3. The Hall–Kier alpha value is -4.70. The normalized spacial score (nSPS) is 13.4. The Kier molecular flexibility index (Phi) is 3.82. The van der Waals surface area contributed by atoms with E-state index < -0.39 is 0 Å². The van der Waals surface area contributed by atoms with Gasteiger partial charge in [0.15, 0.2) is 0 Å². The highest BCUT2D eigenvalue weighted by Gasteiger charge is 2.34. The first-order valence-electron chi connectivity index (χ1n) is 11.1. The minimum atomic E-state index is -0.306. The van der Waals surface area contributed by atoms with Gasteiger partial charge in [0, 0.05) is 27.3 Å². The summed E-state index contributed by atoms with van der Waals surface area (Å²) < 4.78 is 6.09. The number of nitrogens with zero attached hydrogens (tertiary/aromatic N) is 1. The summed E-state index contributed by atoms with van der Waals surface area (Å²) in [5, 5.41) is 3.72. The number of para-hydroxylation sites is 2. The van der Waals surface area contributed by atoms with Gasteiger partial charge in [-0.1, -0.05) is 60.7 Å². The van der Waals surface area contributed by atoms with Crippen LogP contribution in [0.5, 0.6) is 0 Å². The fraction of sp³-hybridized carbons (Fsp3) is 0. The molecule has 4 heteroatoms. The second-order valence-corrected chi connectivity index (χ2v) is 8.48. The molecule has 7 rings (SSSR count). The van der Waals surface area contributed by atoms with E-state index in [2.05, 4.69) is 18.2 Å².